The molecule has 4 aromatic carbocycles. The van der Waals surface area contributed by atoms with Crippen molar-refractivity contribution in [2.45, 2.75) is 33.1 Å². The third-order valence-electron chi connectivity index (χ3n) is 5.90. The quantitative estimate of drug-likeness (QED) is 0.233. The first kappa shape index (κ1) is 26.8. The maximum absolute atomic E-state index is 13.0. The molecule has 0 aliphatic carbocycles. The SMILES string of the molecule is Cc1cccc(NC(=O)Nc2cc(-c3cc(Cl)cc(C(=O)O)c3)ccc2Oc2ccccc2C(C)(C)C)c1. The van der Waals surface area contributed by atoms with E-state index in [2.05, 4.69) is 31.4 Å². The number of urea groups is 1. The van der Waals surface area contributed by atoms with E-state index >= 15 is 0 Å². The van der Waals surface area contributed by atoms with Gasteiger partial charge in [-0.25, -0.2) is 9.59 Å². The monoisotopic (exact) mass is 528 g/mol. The second kappa shape index (κ2) is 11.0. The molecular weight excluding hydrogens is 500 g/mol. The molecule has 0 heterocycles. The molecule has 0 bridgehead atoms. The lowest BCUT2D eigenvalue weighted by Gasteiger charge is -2.23. The molecule has 3 N–H and O–H groups in total. The van der Waals surface area contributed by atoms with E-state index in [1.165, 1.54) is 12.1 Å². The molecule has 0 fully saturated rings. The number of carbonyl (C=O) groups excluding carboxylic acids is 1. The summed E-state index contributed by atoms with van der Waals surface area (Å²) in [6.07, 6.45) is 0. The van der Waals surface area contributed by atoms with Gasteiger partial charge in [0.25, 0.3) is 0 Å². The van der Waals surface area contributed by atoms with Gasteiger partial charge in [0.15, 0.2) is 5.75 Å². The minimum Gasteiger partial charge on any atom is -0.478 e. The highest BCUT2D eigenvalue weighted by molar-refractivity contribution is 6.31. The number of carbonyl (C=O) groups is 2. The molecule has 0 aromatic heterocycles. The number of benzene rings is 4. The molecule has 0 aliphatic heterocycles. The number of ether oxygens (including phenoxy) is 1. The van der Waals surface area contributed by atoms with Gasteiger partial charge >= 0.3 is 12.0 Å². The first-order chi connectivity index (χ1) is 18.0. The number of hydrogen-bond donors (Lipinski definition) is 3. The van der Waals surface area contributed by atoms with Gasteiger partial charge in [0.05, 0.1) is 11.3 Å². The zero-order valence-electron chi connectivity index (χ0n) is 21.6. The van der Waals surface area contributed by atoms with Crippen LogP contribution in [0.1, 0.15) is 42.3 Å². The number of rotatable bonds is 6. The summed E-state index contributed by atoms with van der Waals surface area (Å²) in [6.45, 7) is 8.26. The van der Waals surface area contributed by atoms with Gasteiger partial charge in [0.2, 0.25) is 0 Å². The van der Waals surface area contributed by atoms with Crippen molar-refractivity contribution in [2.75, 3.05) is 10.6 Å². The van der Waals surface area contributed by atoms with Crippen LogP contribution in [0.4, 0.5) is 16.2 Å². The standard InChI is InChI=1S/C31H29ClN2O4/c1-19-8-7-9-24(14-19)33-30(37)34-26-18-20(21-15-22(29(35)36)17-23(32)16-21)12-13-28(26)38-27-11-6-5-10-25(27)31(2,3)4/h5-18H,1-4H3,(H,35,36)(H2,33,34,37). The highest BCUT2D eigenvalue weighted by atomic mass is 35.5. The van der Waals surface area contributed by atoms with E-state index < -0.39 is 12.0 Å². The van der Waals surface area contributed by atoms with E-state index in [9.17, 15) is 14.7 Å². The van der Waals surface area contributed by atoms with Gasteiger partial charge in [-0.05, 0) is 77.6 Å². The summed E-state index contributed by atoms with van der Waals surface area (Å²) in [6, 6.07) is 24.7. The van der Waals surface area contributed by atoms with Crippen molar-refractivity contribution in [2.24, 2.45) is 0 Å². The predicted molar refractivity (Wildman–Crippen MR) is 153 cm³/mol. The summed E-state index contributed by atoms with van der Waals surface area (Å²) in [4.78, 5) is 24.6. The summed E-state index contributed by atoms with van der Waals surface area (Å²) in [5.41, 5.74) is 4.26. The Balaban J connectivity index is 1.74. The van der Waals surface area contributed by atoms with Crippen LogP contribution in [0.2, 0.25) is 5.02 Å². The van der Waals surface area contributed by atoms with Crippen LogP contribution in [-0.4, -0.2) is 17.1 Å². The minimum absolute atomic E-state index is 0.0682. The highest BCUT2D eigenvalue weighted by Gasteiger charge is 2.20. The molecule has 0 atom stereocenters. The maximum Gasteiger partial charge on any atom is 0.335 e. The maximum atomic E-state index is 13.0. The molecule has 0 saturated carbocycles. The zero-order valence-corrected chi connectivity index (χ0v) is 22.4. The normalized spacial score (nSPS) is 11.1. The molecular formula is C31H29ClN2O4. The van der Waals surface area contributed by atoms with E-state index in [4.69, 9.17) is 16.3 Å². The summed E-state index contributed by atoms with van der Waals surface area (Å²) in [5.74, 6) is 0.0273. The Bertz CT molecular complexity index is 1510. The molecule has 0 radical (unpaired) electrons. The van der Waals surface area contributed by atoms with Crippen LogP contribution in [0.3, 0.4) is 0 Å². The van der Waals surface area contributed by atoms with Crippen LogP contribution in [0, 0.1) is 6.92 Å². The van der Waals surface area contributed by atoms with Crippen LogP contribution < -0.4 is 15.4 Å². The molecule has 4 rings (SSSR count). The Labute approximate surface area is 227 Å². The van der Waals surface area contributed by atoms with Crippen molar-refractivity contribution in [3.8, 4) is 22.6 Å². The lowest BCUT2D eigenvalue weighted by molar-refractivity contribution is 0.0697. The van der Waals surface area contributed by atoms with E-state index in [0.717, 1.165) is 11.1 Å². The van der Waals surface area contributed by atoms with Crippen LogP contribution in [0.25, 0.3) is 11.1 Å². The minimum atomic E-state index is -1.08. The molecule has 0 aliphatic rings. The third kappa shape index (κ3) is 6.52. The van der Waals surface area contributed by atoms with Crippen molar-refractivity contribution in [3.05, 3.63) is 107 Å². The predicted octanol–water partition coefficient (Wildman–Crippen LogP) is 8.75. The first-order valence-corrected chi connectivity index (χ1v) is 12.5. The Hall–Kier alpha value is -4.29. The number of para-hydroxylation sites is 1. The lowest BCUT2D eigenvalue weighted by atomic mass is 9.86. The number of halogens is 1. The number of anilines is 2. The van der Waals surface area contributed by atoms with Gasteiger partial charge in [0, 0.05) is 16.3 Å². The topological polar surface area (TPSA) is 87.7 Å². The van der Waals surface area contributed by atoms with Crippen molar-refractivity contribution in [1.29, 1.82) is 0 Å². The molecule has 4 aromatic rings. The lowest BCUT2D eigenvalue weighted by Crippen LogP contribution is -2.20. The fourth-order valence-corrected chi connectivity index (χ4v) is 4.31. The second-order valence-electron chi connectivity index (χ2n) is 10.0. The Morgan fingerprint density at radius 2 is 1.58 bits per heavy atom. The fraction of sp³-hybridized carbons (Fsp3) is 0.161. The Morgan fingerprint density at radius 1 is 0.816 bits per heavy atom. The molecule has 7 heteroatoms. The Kier molecular flexibility index (Phi) is 7.74. The molecule has 0 spiro atoms. The number of hydrogen-bond acceptors (Lipinski definition) is 3. The largest absolute Gasteiger partial charge is 0.478 e. The van der Waals surface area contributed by atoms with E-state index in [-0.39, 0.29) is 11.0 Å². The number of aryl methyl sites for hydroxylation is 1. The van der Waals surface area contributed by atoms with Crippen LogP contribution in [-0.2, 0) is 5.41 Å². The van der Waals surface area contributed by atoms with Crippen LogP contribution in [0.5, 0.6) is 11.5 Å². The van der Waals surface area contributed by atoms with Gasteiger partial charge in [0.1, 0.15) is 5.75 Å². The van der Waals surface area contributed by atoms with Gasteiger partial charge in [-0.15, -0.1) is 0 Å². The average Bonchev–Trinajstić information content (AvgIpc) is 2.84. The van der Waals surface area contributed by atoms with Crippen molar-refractivity contribution < 1.29 is 19.4 Å². The number of carboxylic acids is 1. The van der Waals surface area contributed by atoms with E-state index in [1.54, 1.807) is 30.3 Å². The van der Waals surface area contributed by atoms with Crippen LogP contribution in [0.15, 0.2) is 84.9 Å². The first-order valence-electron chi connectivity index (χ1n) is 12.1. The van der Waals surface area contributed by atoms with Crippen molar-refractivity contribution in [3.63, 3.8) is 0 Å². The highest BCUT2D eigenvalue weighted by Crippen LogP contribution is 2.39. The van der Waals surface area contributed by atoms with Crippen molar-refractivity contribution >= 4 is 35.0 Å². The molecule has 0 unspecified atom stereocenters. The third-order valence-corrected chi connectivity index (χ3v) is 6.11. The van der Waals surface area contributed by atoms with Gasteiger partial charge in [-0.3, -0.25) is 0 Å². The fourth-order valence-electron chi connectivity index (χ4n) is 4.08. The number of aromatic carboxylic acids is 1. The molecule has 0 saturated heterocycles. The van der Waals surface area contributed by atoms with Crippen molar-refractivity contribution in [1.82, 2.24) is 0 Å². The van der Waals surface area contributed by atoms with Crippen LogP contribution >= 0.6 is 11.6 Å². The number of nitrogens with one attached hydrogen (secondary N) is 2. The molecule has 2 amide bonds. The Morgan fingerprint density at radius 3 is 2.29 bits per heavy atom. The molecule has 6 nitrogen and oxygen atoms in total. The second-order valence-corrected chi connectivity index (χ2v) is 10.5. The van der Waals surface area contributed by atoms with E-state index in [1.807, 2.05) is 49.4 Å². The smallest absolute Gasteiger partial charge is 0.335 e. The molecule has 38 heavy (non-hydrogen) atoms. The molecule has 194 valence electrons. The summed E-state index contributed by atoms with van der Waals surface area (Å²) < 4.78 is 6.35. The van der Waals surface area contributed by atoms with Gasteiger partial charge in [-0.1, -0.05) is 68.8 Å². The number of carboxylic acid groups (broad SMARTS) is 1. The summed E-state index contributed by atoms with van der Waals surface area (Å²) in [5, 5.41) is 15.5. The summed E-state index contributed by atoms with van der Waals surface area (Å²) >= 11 is 6.20. The summed E-state index contributed by atoms with van der Waals surface area (Å²) in [7, 11) is 0. The average molecular weight is 529 g/mol. The van der Waals surface area contributed by atoms with Gasteiger partial charge < -0.3 is 20.5 Å². The van der Waals surface area contributed by atoms with Gasteiger partial charge in [-0.2, -0.15) is 0 Å². The number of amides is 2. The van der Waals surface area contributed by atoms with E-state index in [0.29, 0.717) is 39.0 Å². The zero-order chi connectivity index (χ0) is 27.4.